The van der Waals surface area contributed by atoms with Gasteiger partial charge in [0.2, 0.25) is 5.60 Å². The second-order valence-electron chi connectivity index (χ2n) is 4.09. The van der Waals surface area contributed by atoms with Crippen molar-refractivity contribution in [2.45, 2.75) is 5.60 Å². The molecule has 0 heterocycles. The molecule has 0 saturated carbocycles. The van der Waals surface area contributed by atoms with Crippen molar-refractivity contribution in [3.8, 4) is 5.75 Å². The van der Waals surface area contributed by atoms with E-state index in [-0.39, 0.29) is 11.3 Å². The second kappa shape index (κ2) is 5.12. The highest BCUT2D eigenvalue weighted by molar-refractivity contribution is 5.86. The quantitative estimate of drug-likeness (QED) is 0.824. The lowest BCUT2D eigenvalue weighted by atomic mass is 9.86. The Labute approximate surface area is 110 Å². The topological polar surface area (TPSA) is 66.8 Å². The van der Waals surface area contributed by atoms with E-state index in [4.69, 9.17) is 0 Å². The third kappa shape index (κ3) is 2.18. The Morgan fingerprint density at radius 2 is 1.63 bits per heavy atom. The first-order valence-electron chi connectivity index (χ1n) is 5.75. The van der Waals surface area contributed by atoms with Crippen molar-refractivity contribution < 1.29 is 19.7 Å². The Bertz CT molecular complexity index is 580. The molecule has 2 rings (SSSR count). The Morgan fingerprint density at radius 1 is 1.05 bits per heavy atom. The number of hydrogen-bond acceptors (Lipinski definition) is 4. The number of ether oxygens (including phenoxy) is 1. The van der Waals surface area contributed by atoms with Crippen molar-refractivity contribution >= 4 is 5.97 Å². The van der Waals surface area contributed by atoms with Crippen LogP contribution in [-0.4, -0.2) is 23.3 Å². The molecule has 0 bridgehead atoms. The van der Waals surface area contributed by atoms with Crippen LogP contribution in [0.25, 0.3) is 0 Å². The molecule has 2 aromatic rings. The summed E-state index contributed by atoms with van der Waals surface area (Å²) in [4.78, 5) is 12.0. The zero-order valence-corrected chi connectivity index (χ0v) is 10.4. The van der Waals surface area contributed by atoms with E-state index in [1.54, 1.807) is 42.5 Å². The lowest BCUT2D eigenvalue weighted by Gasteiger charge is -2.26. The second-order valence-corrected chi connectivity index (χ2v) is 4.09. The van der Waals surface area contributed by atoms with E-state index in [9.17, 15) is 15.0 Å². The van der Waals surface area contributed by atoms with Crippen molar-refractivity contribution in [3.63, 3.8) is 0 Å². The van der Waals surface area contributed by atoms with E-state index >= 15 is 0 Å². The van der Waals surface area contributed by atoms with Crippen molar-refractivity contribution in [2.75, 3.05) is 7.11 Å². The zero-order chi connectivity index (χ0) is 13.9. The minimum atomic E-state index is -2.03. The lowest BCUT2D eigenvalue weighted by molar-refractivity contribution is -0.159. The average Bonchev–Trinajstić information content (AvgIpc) is 2.47. The molecule has 0 aliphatic carbocycles. The van der Waals surface area contributed by atoms with Crippen molar-refractivity contribution in [1.29, 1.82) is 0 Å². The van der Waals surface area contributed by atoms with Crippen LogP contribution in [0.2, 0.25) is 0 Å². The monoisotopic (exact) mass is 258 g/mol. The first kappa shape index (κ1) is 13.1. The highest BCUT2D eigenvalue weighted by Crippen LogP contribution is 2.35. The number of methoxy groups -OCH3 is 1. The summed E-state index contributed by atoms with van der Waals surface area (Å²) >= 11 is 0. The maximum absolute atomic E-state index is 12.0. The first-order chi connectivity index (χ1) is 9.10. The highest BCUT2D eigenvalue weighted by atomic mass is 16.5. The SMILES string of the molecule is COC(=O)[C@@](O)(c1ccccc1)c1ccccc1O. The largest absolute Gasteiger partial charge is 0.508 e. The molecule has 2 aromatic carbocycles. The van der Waals surface area contributed by atoms with Gasteiger partial charge in [-0.2, -0.15) is 0 Å². The number of hydrogen-bond donors (Lipinski definition) is 2. The van der Waals surface area contributed by atoms with Crippen LogP contribution in [0.4, 0.5) is 0 Å². The normalized spacial score (nSPS) is 13.6. The zero-order valence-electron chi connectivity index (χ0n) is 10.4. The lowest BCUT2D eigenvalue weighted by Crippen LogP contribution is -2.38. The maximum Gasteiger partial charge on any atom is 0.347 e. The van der Waals surface area contributed by atoms with Crippen LogP contribution < -0.4 is 0 Å². The molecular formula is C15H14O4. The Morgan fingerprint density at radius 3 is 2.21 bits per heavy atom. The van der Waals surface area contributed by atoms with E-state index in [0.29, 0.717) is 5.56 Å². The smallest absolute Gasteiger partial charge is 0.347 e. The number of rotatable bonds is 3. The summed E-state index contributed by atoms with van der Waals surface area (Å²) in [5.41, 5.74) is -1.60. The van der Waals surface area contributed by atoms with Crippen LogP contribution in [0.15, 0.2) is 54.6 Å². The van der Waals surface area contributed by atoms with Gasteiger partial charge in [-0.1, -0.05) is 48.5 Å². The van der Waals surface area contributed by atoms with Gasteiger partial charge in [0.25, 0.3) is 0 Å². The van der Waals surface area contributed by atoms with Gasteiger partial charge in [0.1, 0.15) is 5.75 Å². The van der Waals surface area contributed by atoms with Crippen molar-refractivity contribution in [3.05, 3.63) is 65.7 Å². The molecule has 0 radical (unpaired) electrons. The molecule has 0 fully saturated rings. The van der Waals surface area contributed by atoms with Gasteiger partial charge in [-0.05, 0) is 11.6 Å². The molecule has 1 atom stereocenters. The minimum Gasteiger partial charge on any atom is -0.508 e. The molecule has 4 nitrogen and oxygen atoms in total. The first-order valence-corrected chi connectivity index (χ1v) is 5.75. The number of para-hydroxylation sites is 1. The number of aromatic hydroxyl groups is 1. The minimum absolute atomic E-state index is 0.0908. The summed E-state index contributed by atoms with van der Waals surface area (Å²) in [6.45, 7) is 0. The molecule has 0 spiro atoms. The predicted octanol–water partition coefficient (Wildman–Crippen LogP) is 1.80. The molecule has 0 aliphatic heterocycles. The van der Waals surface area contributed by atoms with E-state index in [0.717, 1.165) is 0 Å². The van der Waals surface area contributed by atoms with Crippen molar-refractivity contribution in [1.82, 2.24) is 0 Å². The Balaban J connectivity index is 2.66. The molecule has 0 aliphatic rings. The molecule has 98 valence electrons. The van der Waals surface area contributed by atoms with Crippen LogP contribution in [0, 0.1) is 0 Å². The fourth-order valence-electron chi connectivity index (χ4n) is 1.99. The van der Waals surface area contributed by atoms with E-state index < -0.39 is 11.6 Å². The van der Waals surface area contributed by atoms with E-state index in [1.165, 1.54) is 19.2 Å². The van der Waals surface area contributed by atoms with Gasteiger partial charge >= 0.3 is 5.97 Å². The third-order valence-corrected chi connectivity index (χ3v) is 2.97. The highest BCUT2D eigenvalue weighted by Gasteiger charge is 2.43. The molecule has 2 N–H and O–H groups in total. The number of aliphatic hydroxyl groups is 1. The van der Waals surface area contributed by atoms with Gasteiger partial charge in [0, 0.05) is 5.56 Å². The molecule has 0 aromatic heterocycles. The number of phenolic OH excluding ortho intramolecular Hbond substituents is 1. The van der Waals surface area contributed by atoms with Crippen molar-refractivity contribution in [2.24, 2.45) is 0 Å². The number of benzene rings is 2. The van der Waals surface area contributed by atoms with Gasteiger partial charge in [0.15, 0.2) is 0 Å². The van der Waals surface area contributed by atoms with Crippen LogP contribution >= 0.6 is 0 Å². The van der Waals surface area contributed by atoms with Gasteiger partial charge < -0.3 is 14.9 Å². The fraction of sp³-hybridized carbons (Fsp3) is 0.133. The number of esters is 1. The summed E-state index contributed by atoms with van der Waals surface area (Å²) in [6.07, 6.45) is 0. The van der Waals surface area contributed by atoms with E-state index in [2.05, 4.69) is 4.74 Å². The summed E-state index contributed by atoms with van der Waals surface area (Å²) in [7, 11) is 1.19. The summed E-state index contributed by atoms with van der Waals surface area (Å²) < 4.78 is 4.68. The number of carbonyl (C=O) groups is 1. The number of carbonyl (C=O) groups excluding carboxylic acids is 1. The van der Waals surface area contributed by atoms with Crippen LogP contribution in [0.3, 0.4) is 0 Å². The van der Waals surface area contributed by atoms with Gasteiger partial charge in [-0.3, -0.25) is 0 Å². The Hall–Kier alpha value is -2.33. The molecule has 4 heteroatoms. The van der Waals surface area contributed by atoms with Crippen LogP contribution in [0.5, 0.6) is 5.75 Å². The standard InChI is InChI=1S/C15H14O4/c1-19-14(17)15(18,11-7-3-2-4-8-11)12-9-5-6-10-13(12)16/h2-10,16,18H,1H3/t15-/m1/s1. The molecule has 0 unspecified atom stereocenters. The Kier molecular flexibility index (Phi) is 3.53. The van der Waals surface area contributed by atoms with Gasteiger partial charge in [-0.15, -0.1) is 0 Å². The number of phenols is 1. The summed E-state index contributed by atoms with van der Waals surface area (Å²) in [6, 6.07) is 14.5. The van der Waals surface area contributed by atoms with Gasteiger partial charge in [-0.25, -0.2) is 4.79 Å². The predicted molar refractivity (Wildman–Crippen MR) is 69.6 cm³/mol. The van der Waals surface area contributed by atoms with Crippen LogP contribution in [-0.2, 0) is 15.1 Å². The van der Waals surface area contributed by atoms with Gasteiger partial charge in [0.05, 0.1) is 7.11 Å². The molecule has 19 heavy (non-hydrogen) atoms. The van der Waals surface area contributed by atoms with E-state index in [1.807, 2.05) is 0 Å². The molecule has 0 saturated heterocycles. The van der Waals surface area contributed by atoms with Crippen LogP contribution in [0.1, 0.15) is 11.1 Å². The maximum atomic E-state index is 12.0. The molecular weight excluding hydrogens is 244 g/mol. The fourth-order valence-corrected chi connectivity index (χ4v) is 1.99. The summed E-state index contributed by atoms with van der Waals surface area (Å²) in [5.74, 6) is -1.01. The third-order valence-electron chi connectivity index (χ3n) is 2.97. The average molecular weight is 258 g/mol. The summed E-state index contributed by atoms with van der Waals surface area (Å²) in [5, 5.41) is 20.7. The molecule has 0 amide bonds.